The normalized spacial score (nSPS) is 16.1. The highest BCUT2D eigenvalue weighted by Gasteiger charge is 2.30. The van der Waals surface area contributed by atoms with Crippen LogP contribution in [-0.2, 0) is 16.1 Å². The molecule has 2 heterocycles. The van der Waals surface area contributed by atoms with Gasteiger partial charge >= 0.3 is 0 Å². The van der Waals surface area contributed by atoms with Gasteiger partial charge < -0.3 is 15.4 Å². The summed E-state index contributed by atoms with van der Waals surface area (Å²) in [6.07, 6.45) is 1.90. The zero-order valence-electron chi connectivity index (χ0n) is 14.3. The molecule has 0 aliphatic carbocycles. The van der Waals surface area contributed by atoms with Crippen molar-refractivity contribution >= 4 is 17.5 Å². The number of anilines is 1. The van der Waals surface area contributed by atoms with Crippen molar-refractivity contribution in [3.05, 3.63) is 53.7 Å². The van der Waals surface area contributed by atoms with Crippen LogP contribution in [0.3, 0.4) is 0 Å². The van der Waals surface area contributed by atoms with E-state index in [1.807, 2.05) is 44.2 Å². The minimum atomic E-state index is -0.471. The van der Waals surface area contributed by atoms with Crippen molar-refractivity contribution in [2.24, 2.45) is 0 Å². The van der Waals surface area contributed by atoms with Crippen LogP contribution in [-0.4, -0.2) is 22.9 Å². The summed E-state index contributed by atoms with van der Waals surface area (Å²) in [4.78, 5) is 28.6. The molecule has 25 heavy (non-hydrogen) atoms. The van der Waals surface area contributed by atoms with Crippen molar-refractivity contribution in [3.8, 4) is 5.88 Å². The number of hydrogen-bond donors (Lipinski definition) is 2. The second kappa shape index (κ2) is 7.34. The van der Waals surface area contributed by atoms with Crippen LogP contribution in [0.25, 0.3) is 0 Å². The fraction of sp³-hybridized carbons (Fsp3) is 0.316. The van der Waals surface area contributed by atoms with Crippen molar-refractivity contribution in [2.75, 3.05) is 5.32 Å². The van der Waals surface area contributed by atoms with E-state index in [1.165, 1.54) is 0 Å². The third-order valence-corrected chi connectivity index (χ3v) is 3.94. The number of aromatic nitrogens is 1. The lowest BCUT2D eigenvalue weighted by atomic mass is 9.90. The van der Waals surface area contributed by atoms with Gasteiger partial charge in [-0.3, -0.25) is 9.59 Å². The molecule has 6 heteroatoms. The van der Waals surface area contributed by atoms with Gasteiger partial charge in [0.05, 0.1) is 12.0 Å². The van der Waals surface area contributed by atoms with Crippen LogP contribution in [0.5, 0.6) is 5.88 Å². The Morgan fingerprint density at radius 2 is 2.12 bits per heavy atom. The van der Waals surface area contributed by atoms with E-state index < -0.39 is 5.92 Å². The summed E-state index contributed by atoms with van der Waals surface area (Å²) < 4.78 is 5.50. The van der Waals surface area contributed by atoms with E-state index >= 15 is 0 Å². The molecule has 0 saturated carbocycles. The van der Waals surface area contributed by atoms with E-state index in [1.54, 1.807) is 12.3 Å². The van der Waals surface area contributed by atoms with Crippen molar-refractivity contribution < 1.29 is 14.3 Å². The Labute approximate surface area is 146 Å². The third-order valence-electron chi connectivity index (χ3n) is 3.94. The van der Waals surface area contributed by atoms with Gasteiger partial charge in [0, 0.05) is 30.9 Å². The van der Waals surface area contributed by atoms with Crippen LogP contribution in [0.1, 0.15) is 37.3 Å². The van der Waals surface area contributed by atoms with Gasteiger partial charge in [-0.2, -0.15) is 0 Å². The van der Waals surface area contributed by atoms with Crippen LogP contribution in [0.2, 0.25) is 0 Å². The number of nitrogens with zero attached hydrogens (tertiary/aromatic N) is 1. The SMILES string of the molecule is CC(C)Oc1ccc(CNC(=O)[C@H]2CC(=O)Nc3ccccc32)cn1. The van der Waals surface area contributed by atoms with Gasteiger partial charge in [-0.05, 0) is 31.0 Å². The van der Waals surface area contributed by atoms with E-state index in [9.17, 15) is 9.59 Å². The second-order valence-electron chi connectivity index (χ2n) is 6.28. The number of benzene rings is 1. The molecule has 0 saturated heterocycles. The molecule has 0 fully saturated rings. The number of ether oxygens (including phenoxy) is 1. The second-order valence-corrected chi connectivity index (χ2v) is 6.28. The Morgan fingerprint density at radius 1 is 1.32 bits per heavy atom. The molecule has 1 aromatic heterocycles. The summed E-state index contributed by atoms with van der Waals surface area (Å²) in [7, 11) is 0. The molecule has 0 unspecified atom stereocenters. The minimum Gasteiger partial charge on any atom is -0.475 e. The largest absolute Gasteiger partial charge is 0.475 e. The van der Waals surface area contributed by atoms with Crippen molar-refractivity contribution in [2.45, 2.75) is 38.8 Å². The van der Waals surface area contributed by atoms with Crippen molar-refractivity contribution in [1.29, 1.82) is 0 Å². The molecule has 130 valence electrons. The fourth-order valence-corrected chi connectivity index (χ4v) is 2.78. The van der Waals surface area contributed by atoms with Gasteiger partial charge in [0.25, 0.3) is 0 Å². The summed E-state index contributed by atoms with van der Waals surface area (Å²) in [6, 6.07) is 11.0. The maximum absolute atomic E-state index is 12.6. The number of rotatable bonds is 5. The Kier molecular flexibility index (Phi) is 4.97. The first kappa shape index (κ1) is 17.0. The molecule has 6 nitrogen and oxygen atoms in total. The molecule has 0 radical (unpaired) electrons. The van der Waals surface area contributed by atoms with Gasteiger partial charge in [0.15, 0.2) is 0 Å². The lowest BCUT2D eigenvalue weighted by Gasteiger charge is -2.24. The zero-order chi connectivity index (χ0) is 17.8. The number of fused-ring (bicyclic) bond motifs is 1. The first-order valence-electron chi connectivity index (χ1n) is 8.31. The summed E-state index contributed by atoms with van der Waals surface area (Å²) >= 11 is 0. The number of amides is 2. The highest BCUT2D eigenvalue weighted by molar-refractivity contribution is 6.01. The molecule has 1 aromatic carbocycles. The molecule has 0 spiro atoms. The summed E-state index contributed by atoms with van der Waals surface area (Å²) in [6.45, 7) is 4.23. The van der Waals surface area contributed by atoms with Gasteiger partial charge in [-0.1, -0.05) is 24.3 Å². The Balaban J connectivity index is 1.64. The van der Waals surface area contributed by atoms with Crippen LogP contribution in [0.4, 0.5) is 5.69 Å². The van der Waals surface area contributed by atoms with Gasteiger partial charge in [-0.15, -0.1) is 0 Å². The predicted molar refractivity (Wildman–Crippen MR) is 94.3 cm³/mol. The number of nitrogens with one attached hydrogen (secondary N) is 2. The van der Waals surface area contributed by atoms with Crippen LogP contribution >= 0.6 is 0 Å². The minimum absolute atomic E-state index is 0.0653. The van der Waals surface area contributed by atoms with Gasteiger partial charge in [-0.25, -0.2) is 4.98 Å². The van der Waals surface area contributed by atoms with Crippen LogP contribution < -0.4 is 15.4 Å². The van der Waals surface area contributed by atoms with Gasteiger partial charge in [0.1, 0.15) is 0 Å². The number of hydrogen-bond acceptors (Lipinski definition) is 4. The van der Waals surface area contributed by atoms with Crippen molar-refractivity contribution in [1.82, 2.24) is 10.3 Å². The lowest BCUT2D eigenvalue weighted by Crippen LogP contribution is -2.34. The molecule has 1 aliphatic rings. The molecular weight excluding hydrogens is 318 g/mol. The lowest BCUT2D eigenvalue weighted by molar-refractivity contribution is -0.126. The molecule has 2 aromatic rings. The number of para-hydroxylation sites is 1. The van der Waals surface area contributed by atoms with E-state index in [-0.39, 0.29) is 24.3 Å². The molecular formula is C19H21N3O3. The fourth-order valence-electron chi connectivity index (χ4n) is 2.78. The number of carbonyl (C=O) groups is 2. The van der Waals surface area contributed by atoms with Gasteiger partial charge in [0.2, 0.25) is 17.7 Å². The Hall–Kier alpha value is -2.89. The zero-order valence-corrected chi connectivity index (χ0v) is 14.3. The topological polar surface area (TPSA) is 80.3 Å². The smallest absolute Gasteiger partial charge is 0.228 e. The van der Waals surface area contributed by atoms with E-state index in [0.29, 0.717) is 18.1 Å². The summed E-state index contributed by atoms with van der Waals surface area (Å²) in [5, 5.41) is 5.69. The standard InChI is InChI=1S/C19H21N3O3/c1-12(2)25-18-8-7-13(10-20-18)11-21-19(24)15-9-17(23)22-16-6-4-3-5-14(15)16/h3-8,10,12,15H,9,11H2,1-2H3,(H,21,24)(H,22,23)/t15-/m0/s1. The van der Waals surface area contributed by atoms with E-state index in [0.717, 1.165) is 11.1 Å². The monoisotopic (exact) mass is 339 g/mol. The first-order chi connectivity index (χ1) is 12.0. The quantitative estimate of drug-likeness (QED) is 0.877. The molecule has 2 amide bonds. The third kappa shape index (κ3) is 4.15. The van der Waals surface area contributed by atoms with E-state index in [2.05, 4.69) is 15.6 Å². The highest BCUT2D eigenvalue weighted by atomic mass is 16.5. The molecule has 3 rings (SSSR count). The maximum Gasteiger partial charge on any atom is 0.228 e. The van der Waals surface area contributed by atoms with E-state index in [4.69, 9.17) is 4.74 Å². The van der Waals surface area contributed by atoms with Crippen LogP contribution in [0, 0.1) is 0 Å². The summed E-state index contributed by atoms with van der Waals surface area (Å²) in [5.41, 5.74) is 2.42. The average molecular weight is 339 g/mol. The number of pyridine rings is 1. The van der Waals surface area contributed by atoms with Crippen molar-refractivity contribution in [3.63, 3.8) is 0 Å². The first-order valence-corrected chi connectivity index (χ1v) is 8.31. The molecule has 0 bridgehead atoms. The highest BCUT2D eigenvalue weighted by Crippen LogP contribution is 2.32. The number of carbonyl (C=O) groups excluding carboxylic acids is 2. The predicted octanol–water partition coefficient (Wildman–Crippen LogP) is 2.61. The Bertz CT molecular complexity index is 772. The summed E-state index contributed by atoms with van der Waals surface area (Å²) in [5.74, 6) is -0.218. The Morgan fingerprint density at radius 3 is 2.84 bits per heavy atom. The maximum atomic E-state index is 12.6. The molecule has 1 aliphatic heterocycles. The molecule has 2 N–H and O–H groups in total. The van der Waals surface area contributed by atoms with Crippen LogP contribution in [0.15, 0.2) is 42.6 Å². The average Bonchev–Trinajstić information content (AvgIpc) is 2.59. The molecule has 1 atom stereocenters.